The molecule has 1 saturated carbocycles. The summed E-state index contributed by atoms with van der Waals surface area (Å²) in [7, 11) is 0. The van der Waals surface area contributed by atoms with Crippen molar-refractivity contribution in [1.82, 2.24) is 20.6 Å². The first-order valence-electron chi connectivity index (χ1n) is 6.44. The molecule has 1 aromatic heterocycles. The summed E-state index contributed by atoms with van der Waals surface area (Å²) in [5, 5.41) is 4.11. The van der Waals surface area contributed by atoms with E-state index in [9.17, 15) is 9.59 Å². The number of amides is 2. The third-order valence-electron chi connectivity index (χ3n) is 3.15. The molecule has 0 unspecified atom stereocenters. The minimum absolute atomic E-state index is 0.0671. The van der Waals surface area contributed by atoms with Crippen LogP contribution in [0, 0.1) is 5.92 Å². The van der Waals surface area contributed by atoms with E-state index in [4.69, 9.17) is 0 Å². The lowest BCUT2D eigenvalue weighted by Crippen LogP contribution is -2.42. The number of carbonyl (C=O) groups is 2. The number of aromatic nitrogens is 2. The number of rotatable bonds is 3. The van der Waals surface area contributed by atoms with E-state index in [1.807, 2.05) is 12.3 Å². The Bertz CT molecular complexity index is 615. The average Bonchev–Trinajstić information content (AvgIpc) is 3.19. The molecule has 0 bridgehead atoms. The van der Waals surface area contributed by atoms with Crippen LogP contribution < -0.4 is 10.9 Å². The van der Waals surface area contributed by atoms with Gasteiger partial charge >= 0.3 is 0 Å². The number of nitrogens with zero attached hydrogens (tertiary/aromatic N) is 2. The highest BCUT2D eigenvalue weighted by molar-refractivity contribution is 5.95. The fraction of sp³-hybridized carbons (Fsp3) is 0.214. The van der Waals surface area contributed by atoms with Crippen LogP contribution in [0.5, 0.6) is 0 Å². The minimum Gasteiger partial charge on any atom is -0.273 e. The molecule has 0 spiro atoms. The molecule has 102 valence electrons. The molecule has 0 saturated heterocycles. The van der Waals surface area contributed by atoms with E-state index in [1.165, 1.54) is 0 Å². The van der Waals surface area contributed by atoms with Gasteiger partial charge in [0, 0.05) is 23.9 Å². The summed E-state index contributed by atoms with van der Waals surface area (Å²) in [5.41, 5.74) is 6.19. The lowest BCUT2D eigenvalue weighted by Gasteiger charge is -2.07. The molecule has 0 aliphatic heterocycles. The summed E-state index contributed by atoms with van der Waals surface area (Å²) in [4.78, 5) is 23.3. The molecule has 0 radical (unpaired) electrons. The molecule has 2 amide bonds. The van der Waals surface area contributed by atoms with Crippen molar-refractivity contribution in [1.29, 1.82) is 0 Å². The average molecular weight is 270 g/mol. The second-order valence-corrected chi connectivity index (χ2v) is 4.72. The van der Waals surface area contributed by atoms with E-state index >= 15 is 0 Å². The monoisotopic (exact) mass is 270 g/mol. The number of hydrogen-bond acceptors (Lipinski definition) is 3. The van der Waals surface area contributed by atoms with Crippen LogP contribution in [0.4, 0.5) is 0 Å². The second kappa shape index (κ2) is 5.16. The zero-order chi connectivity index (χ0) is 13.9. The van der Waals surface area contributed by atoms with Crippen molar-refractivity contribution < 1.29 is 9.59 Å². The van der Waals surface area contributed by atoms with Crippen molar-refractivity contribution in [2.24, 2.45) is 5.92 Å². The number of nitrogens with one attached hydrogen (secondary N) is 2. The molecule has 1 fully saturated rings. The highest BCUT2D eigenvalue weighted by Gasteiger charge is 2.29. The van der Waals surface area contributed by atoms with Crippen LogP contribution in [0.2, 0.25) is 0 Å². The first-order valence-corrected chi connectivity index (χ1v) is 6.44. The Morgan fingerprint density at radius 1 is 1.15 bits per heavy atom. The van der Waals surface area contributed by atoms with Crippen LogP contribution in [0.25, 0.3) is 5.69 Å². The Hall–Kier alpha value is -2.63. The van der Waals surface area contributed by atoms with Crippen LogP contribution in [-0.2, 0) is 4.79 Å². The van der Waals surface area contributed by atoms with Crippen molar-refractivity contribution >= 4 is 11.8 Å². The fourth-order valence-electron chi connectivity index (χ4n) is 1.83. The van der Waals surface area contributed by atoms with E-state index in [0.29, 0.717) is 5.56 Å². The summed E-state index contributed by atoms with van der Waals surface area (Å²) in [5.74, 6) is -0.380. The zero-order valence-corrected chi connectivity index (χ0v) is 10.7. The van der Waals surface area contributed by atoms with Crippen LogP contribution in [0.3, 0.4) is 0 Å². The van der Waals surface area contributed by atoms with E-state index < -0.39 is 0 Å². The smallest absolute Gasteiger partial charge is 0.269 e. The summed E-state index contributed by atoms with van der Waals surface area (Å²) < 4.78 is 1.70. The maximum absolute atomic E-state index is 11.8. The predicted octanol–water partition coefficient (Wildman–Crippen LogP) is 1.04. The van der Waals surface area contributed by atoms with Gasteiger partial charge < -0.3 is 0 Å². The van der Waals surface area contributed by atoms with Crippen molar-refractivity contribution in [3.63, 3.8) is 0 Å². The van der Waals surface area contributed by atoms with E-state index in [2.05, 4.69) is 16.0 Å². The van der Waals surface area contributed by atoms with Gasteiger partial charge in [-0.2, -0.15) is 5.10 Å². The van der Waals surface area contributed by atoms with Crippen molar-refractivity contribution in [2.45, 2.75) is 12.8 Å². The van der Waals surface area contributed by atoms with Gasteiger partial charge in [0.2, 0.25) is 5.91 Å². The molecule has 1 aliphatic rings. The van der Waals surface area contributed by atoms with E-state index in [-0.39, 0.29) is 17.7 Å². The van der Waals surface area contributed by atoms with Gasteiger partial charge in [0.05, 0.1) is 5.69 Å². The van der Waals surface area contributed by atoms with Crippen LogP contribution >= 0.6 is 0 Å². The van der Waals surface area contributed by atoms with E-state index in [1.54, 1.807) is 35.1 Å². The number of hydrazine groups is 1. The molecular weight excluding hydrogens is 256 g/mol. The molecule has 1 aliphatic carbocycles. The molecule has 20 heavy (non-hydrogen) atoms. The largest absolute Gasteiger partial charge is 0.273 e. The summed E-state index contributed by atoms with van der Waals surface area (Å²) in [6, 6.07) is 8.80. The van der Waals surface area contributed by atoms with Crippen LogP contribution in [0.15, 0.2) is 42.7 Å². The quantitative estimate of drug-likeness (QED) is 0.818. The van der Waals surface area contributed by atoms with Gasteiger partial charge in [0.25, 0.3) is 5.91 Å². The van der Waals surface area contributed by atoms with Crippen LogP contribution in [-0.4, -0.2) is 21.6 Å². The molecule has 6 heteroatoms. The Morgan fingerprint density at radius 2 is 1.90 bits per heavy atom. The summed E-state index contributed by atoms with van der Waals surface area (Å²) in [6.07, 6.45) is 5.32. The SMILES string of the molecule is O=C(NNC(=O)C1CC1)c1ccc(-n2cccn2)cc1. The third-order valence-corrected chi connectivity index (χ3v) is 3.15. The van der Waals surface area contributed by atoms with Gasteiger partial charge in [0.15, 0.2) is 0 Å². The first-order chi connectivity index (χ1) is 9.74. The maximum Gasteiger partial charge on any atom is 0.269 e. The topological polar surface area (TPSA) is 76.0 Å². The highest BCUT2D eigenvalue weighted by Crippen LogP contribution is 2.28. The van der Waals surface area contributed by atoms with Crippen molar-refractivity contribution in [2.75, 3.05) is 0 Å². The van der Waals surface area contributed by atoms with Crippen molar-refractivity contribution in [3.8, 4) is 5.69 Å². The summed E-state index contributed by atoms with van der Waals surface area (Å²) in [6.45, 7) is 0. The molecule has 6 nitrogen and oxygen atoms in total. The molecule has 3 rings (SSSR count). The lowest BCUT2D eigenvalue weighted by atomic mass is 10.2. The van der Waals surface area contributed by atoms with Gasteiger partial charge in [0.1, 0.15) is 0 Å². The van der Waals surface area contributed by atoms with Gasteiger partial charge in [-0.05, 0) is 43.2 Å². The van der Waals surface area contributed by atoms with Gasteiger partial charge in [-0.3, -0.25) is 20.4 Å². The number of hydrogen-bond donors (Lipinski definition) is 2. The Morgan fingerprint density at radius 3 is 2.50 bits per heavy atom. The second-order valence-electron chi connectivity index (χ2n) is 4.72. The Balaban J connectivity index is 1.61. The Kier molecular flexibility index (Phi) is 3.20. The third kappa shape index (κ3) is 2.69. The van der Waals surface area contributed by atoms with Gasteiger partial charge in [-0.15, -0.1) is 0 Å². The molecule has 1 aromatic carbocycles. The fourth-order valence-corrected chi connectivity index (χ4v) is 1.83. The van der Waals surface area contributed by atoms with Gasteiger partial charge in [-0.1, -0.05) is 0 Å². The highest BCUT2D eigenvalue weighted by atomic mass is 16.2. The standard InChI is InChI=1S/C14H14N4O2/c19-13(10-2-3-10)16-17-14(20)11-4-6-12(7-5-11)18-9-1-8-15-18/h1,4-10H,2-3H2,(H,16,19)(H,17,20). The molecule has 0 atom stereocenters. The number of benzene rings is 1. The molecule has 2 N–H and O–H groups in total. The number of carbonyl (C=O) groups excluding carboxylic acids is 2. The van der Waals surface area contributed by atoms with E-state index in [0.717, 1.165) is 18.5 Å². The van der Waals surface area contributed by atoms with Gasteiger partial charge in [-0.25, -0.2) is 4.68 Å². The lowest BCUT2D eigenvalue weighted by molar-refractivity contribution is -0.123. The molecule has 1 heterocycles. The predicted molar refractivity (Wildman–Crippen MR) is 71.9 cm³/mol. The minimum atomic E-state index is -0.328. The maximum atomic E-state index is 11.8. The zero-order valence-electron chi connectivity index (χ0n) is 10.7. The first kappa shape index (κ1) is 12.4. The summed E-state index contributed by atoms with van der Waals surface area (Å²) >= 11 is 0. The molecule has 2 aromatic rings. The molecular formula is C14H14N4O2. The van der Waals surface area contributed by atoms with Crippen molar-refractivity contribution in [3.05, 3.63) is 48.3 Å². The Labute approximate surface area is 115 Å². The van der Waals surface area contributed by atoms with Crippen LogP contribution in [0.1, 0.15) is 23.2 Å². The normalized spacial score (nSPS) is 13.8.